The van der Waals surface area contributed by atoms with E-state index in [0.29, 0.717) is 21.8 Å². The number of methoxy groups -OCH3 is 1. The average Bonchev–Trinajstić information content (AvgIpc) is 2.79. The van der Waals surface area contributed by atoms with Crippen molar-refractivity contribution in [1.29, 1.82) is 0 Å². The molecule has 0 unspecified atom stereocenters. The van der Waals surface area contributed by atoms with Gasteiger partial charge in [0.2, 0.25) is 0 Å². The van der Waals surface area contributed by atoms with E-state index in [2.05, 4.69) is 25.6 Å². The maximum Gasteiger partial charge on any atom is 0.344 e. The van der Waals surface area contributed by atoms with E-state index < -0.39 is 0 Å². The highest BCUT2D eigenvalue weighted by Crippen LogP contribution is 2.26. The lowest BCUT2D eigenvalue weighted by Crippen LogP contribution is -2.19. The van der Waals surface area contributed by atoms with Gasteiger partial charge in [0.25, 0.3) is 0 Å². The Morgan fingerprint density at radius 2 is 2.29 bits per heavy atom. The minimum absolute atomic E-state index is 0.00821. The molecule has 21 heavy (non-hydrogen) atoms. The Morgan fingerprint density at radius 3 is 2.90 bits per heavy atom. The predicted octanol–water partition coefficient (Wildman–Crippen LogP) is 0.525. The number of nitrogens with two attached hydrogens (primary N) is 1. The minimum atomic E-state index is -0.254. The Hall–Kier alpha value is -1.91. The Balaban J connectivity index is 2.35. The number of nitrogens with one attached hydrogen (secondary N) is 2. The van der Waals surface area contributed by atoms with Gasteiger partial charge in [-0.05, 0) is 25.6 Å². The molecule has 0 aliphatic carbocycles. The third-order valence-electron chi connectivity index (χ3n) is 2.55. The molecule has 0 atom stereocenters. The fourth-order valence-electron chi connectivity index (χ4n) is 1.70. The van der Waals surface area contributed by atoms with Gasteiger partial charge in [0, 0.05) is 19.2 Å². The zero-order valence-electron chi connectivity index (χ0n) is 12.0. The van der Waals surface area contributed by atoms with E-state index >= 15 is 0 Å². The Morgan fingerprint density at radius 1 is 1.52 bits per heavy atom. The summed E-state index contributed by atoms with van der Waals surface area (Å²) in [6.07, 6.45) is 0. The molecule has 9 nitrogen and oxygen atoms in total. The van der Waals surface area contributed by atoms with E-state index in [1.807, 2.05) is 13.8 Å². The van der Waals surface area contributed by atoms with Gasteiger partial charge in [-0.1, -0.05) is 0 Å². The predicted molar refractivity (Wildman–Crippen MR) is 77.9 cm³/mol. The number of aromatic amines is 1. The maximum atomic E-state index is 11.7. The van der Waals surface area contributed by atoms with Gasteiger partial charge in [-0.3, -0.25) is 4.57 Å². The van der Waals surface area contributed by atoms with Crippen LogP contribution >= 0.6 is 11.8 Å². The van der Waals surface area contributed by atoms with Crippen LogP contribution in [0.15, 0.2) is 21.0 Å². The van der Waals surface area contributed by atoms with Crippen LogP contribution in [0, 0.1) is 0 Å². The number of nitrogen functional groups attached to an aromatic ring is 1. The van der Waals surface area contributed by atoms with Crippen LogP contribution in [0.25, 0.3) is 0 Å². The van der Waals surface area contributed by atoms with Crippen LogP contribution in [-0.2, 0) is 11.3 Å². The van der Waals surface area contributed by atoms with Crippen molar-refractivity contribution < 1.29 is 4.74 Å². The molecule has 10 heteroatoms. The van der Waals surface area contributed by atoms with Crippen molar-refractivity contribution in [2.45, 2.75) is 36.7 Å². The van der Waals surface area contributed by atoms with Crippen LogP contribution in [0.4, 0.5) is 5.82 Å². The zero-order chi connectivity index (χ0) is 15.4. The monoisotopic (exact) mass is 311 g/mol. The molecule has 114 valence electrons. The first-order valence-corrected chi connectivity index (χ1v) is 7.05. The summed E-state index contributed by atoms with van der Waals surface area (Å²) in [4.78, 5) is 20.2. The second-order valence-corrected chi connectivity index (χ2v) is 5.45. The summed E-state index contributed by atoms with van der Waals surface area (Å²) in [5, 5.41) is 7.59. The summed E-state index contributed by atoms with van der Waals surface area (Å²) < 4.78 is 6.57. The molecule has 0 radical (unpaired) electrons. The number of H-pyrrole nitrogens is 1. The Labute approximate surface area is 125 Å². The molecule has 0 aromatic carbocycles. The summed E-state index contributed by atoms with van der Waals surface area (Å²) >= 11 is 1.25. The van der Waals surface area contributed by atoms with Gasteiger partial charge >= 0.3 is 5.69 Å². The highest BCUT2D eigenvalue weighted by molar-refractivity contribution is 7.99. The smallest absolute Gasteiger partial charge is 0.344 e. The molecule has 2 rings (SSSR count). The molecule has 0 aliphatic rings. The normalized spacial score (nSPS) is 11.1. The Bertz CT molecular complexity index is 667. The van der Waals surface area contributed by atoms with Crippen molar-refractivity contribution in [2.75, 3.05) is 12.5 Å². The first-order valence-electron chi connectivity index (χ1n) is 6.23. The first kappa shape index (κ1) is 15.5. The van der Waals surface area contributed by atoms with Crippen molar-refractivity contribution in [1.82, 2.24) is 24.7 Å². The van der Waals surface area contributed by atoms with Gasteiger partial charge in [0.1, 0.15) is 17.5 Å². The number of aromatic nitrogens is 5. The summed E-state index contributed by atoms with van der Waals surface area (Å²) in [7, 11) is 1.56. The van der Waals surface area contributed by atoms with Crippen molar-refractivity contribution in [3.8, 4) is 0 Å². The lowest BCUT2D eigenvalue weighted by atomic mass is 10.4. The third-order valence-corrected chi connectivity index (χ3v) is 3.44. The minimum Gasteiger partial charge on any atom is -0.377 e. The highest BCUT2D eigenvalue weighted by Gasteiger charge is 2.14. The van der Waals surface area contributed by atoms with Gasteiger partial charge in [0.05, 0.1) is 0 Å². The van der Waals surface area contributed by atoms with E-state index in [4.69, 9.17) is 10.6 Å². The summed E-state index contributed by atoms with van der Waals surface area (Å²) in [5.74, 6) is 6.35. The number of hydrogen-bond donors (Lipinski definition) is 3. The van der Waals surface area contributed by atoms with Gasteiger partial charge in [-0.2, -0.15) is 0 Å². The van der Waals surface area contributed by atoms with E-state index in [9.17, 15) is 4.79 Å². The van der Waals surface area contributed by atoms with Crippen LogP contribution in [-0.4, -0.2) is 31.8 Å². The Kier molecular flexibility index (Phi) is 4.94. The SMILES string of the molecule is COCc1nc(NN)cc(Sc2n[nH]c(=O)n2C(C)C)n1. The molecule has 2 heterocycles. The quantitative estimate of drug-likeness (QED) is 0.401. The van der Waals surface area contributed by atoms with E-state index in [1.165, 1.54) is 11.8 Å². The van der Waals surface area contributed by atoms with E-state index in [0.717, 1.165) is 0 Å². The molecular weight excluding hydrogens is 294 g/mol. The molecule has 0 spiro atoms. The van der Waals surface area contributed by atoms with Gasteiger partial charge < -0.3 is 10.2 Å². The summed E-state index contributed by atoms with van der Waals surface area (Å²) in [6.45, 7) is 4.08. The molecule has 0 aliphatic heterocycles. The molecule has 0 amide bonds. The second-order valence-electron chi connectivity index (χ2n) is 4.46. The highest BCUT2D eigenvalue weighted by atomic mass is 32.2. The molecule has 4 N–H and O–H groups in total. The van der Waals surface area contributed by atoms with Crippen molar-refractivity contribution in [3.63, 3.8) is 0 Å². The number of ether oxygens (including phenoxy) is 1. The summed E-state index contributed by atoms with van der Waals surface area (Å²) in [6, 6.07) is 1.67. The van der Waals surface area contributed by atoms with E-state index in [1.54, 1.807) is 17.7 Å². The average molecular weight is 311 g/mol. The van der Waals surface area contributed by atoms with Crippen LogP contribution < -0.4 is 17.0 Å². The first-order chi connectivity index (χ1) is 10.0. The molecular formula is C11H17N7O2S. The van der Waals surface area contributed by atoms with Gasteiger partial charge in [-0.15, -0.1) is 5.10 Å². The molecule has 2 aromatic heterocycles. The molecule has 2 aromatic rings. The van der Waals surface area contributed by atoms with Crippen LogP contribution in [0.2, 0.25) is 0 Å². The van der Waals surface area contributed by atoms with Crippen LogP contribution in [0.3, 0.4) is 0 Å². The van der Waals surface area contributed by atoms with E-state index in [-0.39, 0.29) is 18.3 Å². The topological polar surface area (TPSA) is 124 Å². The number of anilines is 1. The fraction of sp³-hybridized carbons (Fsp3) is 0.455. The van der Waals surface area contributed by atoms with Crippen molar-refractivity contribution >= 4 is 17.6 Å². The molecule has 0 bridgehead atoms. The fourth-order valence-corrected chi connectivity index (χ4v) is 2.70. The zero-order valence-corrected chi connectivity index (χ0v) is 12.8. The number of nitrogens with zero attached hydrogens (tertiary/aromatic N) is 4. The third kappa shape index (κ3) is 3.60. The molecule has 0 saturated heterocycles. The lowest BCUT2D eigenvalue weighted by molar-refractivity contribution is 0.177. The number of hydrogen-bond acceptors (Lipinski definition) is 8. The standard InChI is InChI=1S/C11H17N7O2S/c1-6(2)18-10(19)16-17-11(18)21-9-4-7(15-12)13-8(14-9)5-20-3/h4,6H,5,12H2,1-3H3,(H,16,19)(H,13,14,15). The molecule has 0 saturated carbocycles. The largest absolute Gasteiger partial charge is 0.377 e. The second kappa shape index (κ2) is 6.70. The lowest BCUT2D eigenvalue weighted by Gasteiger charge is -2.09. The van der Waals surface area contributed by atoms with Crippen LogP contribution in [0.1, 0.15) is 25.7 Å². The van der Waals surface area contributed by atoms with Gasteiger partial charge in [-0.25, -0.2) is 25.7 Å². The summed E-state index contributed by atoms with van der Waals surface area (Å²) in [5.41, 5.74) is 2.22. The van der Waals surface area contributed by atoms with Gasteiger partial charge in [0.15, 0.2) is 11.0 Å². The van der Waals surface area contributed by atoms with Crippen LogP contribution in [0.5, 0.6) is 0 Å². The van der Waals surface area contributed by atoms with Crippen molar-refractivity contribution in [3.05, 3.63) is 22.4 Å². The van der Waals surface area contributed by atoms with Crippen molar-refractivity contribution in [2.24, 2.45) is 5.84 Å². The molecule has 0 fully saturated rings. The number of hydrazine groups is 1. The number of rotatable bonds is 6. The maximum absolute atomic E-state index is 11.7.